The maximum Gasteiger partial charge on any atom is 0.0738 e. The molecule has 0 saturated heterocycles. The highest BCUT2D eigenvalue weighted by Gasteiger charge is 2.27. The molecule has 4 nitrogen and oxygen atoms in total. The fourth-order valence-corrected chi connectivity index (χ4v) is 11.9. The largest absolute Gasteiger partial charge is 0.354 e. The number of aromatic amines is 2. The lowest BCUT2D eigenvalue weighted by molar-refractivity contribution is 0.568. The van der Waals surface area contributed by atoms with E-state index in [0.29, 0.717) is 0 Å². The molecule has 3 aromatic heterocycles. The van der Waals surface area contributed by atoms with Crippen LogP contribution < -0.4 is 0 Å². The van der Waals surface area contributed by atoms with E-state index in [-0.39, 0.29) is 21.7 Å². The van der Waals surface area contributed by atoms with Gasteiger partial charge in [-0.3, -0.25) is 0 Å². The number of benzene rings is 4. The highest BCUT2D eigenvalue weighted by Crippen LogP contribution is 2.46. The van der Waals surface area contributed by atoms with Crippen molar-refractivity contribution in [2.75, 3.05) is 0 Å². The van der Waals surface area contributed by atoms with Gasteiger partial charge in [-0.1, -0.05) is 195 Å². The molecule has 0 radical (unpaired) electrons. The third kappa shape index (κ3) is 9.28. The second-order valence-electron chi connectivity index (χ2n) is 22.3. The summed E-state index contributed by atoms with van der Waals surface area (Å²) in [5.41, 5.74) is 20.2. The molecule has 0 amide bonds. The summed E-state index contributed by atoms with van der Waals surface area (Å²) in [6.45, 7) is 27.5. The van der Waals surface area contributed by atoms with Crippen LogP contribution in [0.5, 0.6) is 0 Å². The van der Waals surface area contributed by atoms with Crippen molar-refractivity contribution in [2.45, 2.75) is 105 Å². The van der Waals surface area contributed by atoms with E-state index in [1.54, 1.807) is 0 Å². The quantitative estimate of drug-likeness (QED) is 0.184. The summed E-state index contributed by atoms with van der Waals surface area (Å²) in [5, 5.41) is 0. The Kier molecular flexibility index (Phi) is 12.6. The molecule has 5 heterocycles. The van der Waals surface area contributed by atoms with Gasteiger partial charge in [-0.2, -0.15) is 0 Å². The van der Waals surface area contributed by atoms with E-state index in [9.17, 15) is 0 Å². The molecule has 0 saturated carbocycles. The number of aromatic nitrogens is 4. The van der Waals surface area contributed by atoms with Crippen LogP contribution in [0.2, 0.25) is 0 Å². The molecule has 0 unspecified atom stereocenters. The van der Waals surface area contributed by atoms with Crippen LogP contribution in [0.15, 0.2) is 115 Å². The predicted molar refractivity (Wildman–Crippen MR) is 306 cm³/mol. The summed E-state index contributed by atoms with van der Waals surface area (Å²) in [7, 11) is 0. The first kappa shape index (κ1) is 48.4. The third-order valence-corrected chi connectivity index (χ3v) is 15.7. The van der Waals surface area contributed by atoms with E-state index in [1.165, 1.54) is 22.3 Å². The molecule has 0 atom stereocenters. The van der Waals surface area contributed by atoms with Crippen molar-refractivity contribution in [3.05, 3.63) is 160 Å². The minimum Gasteiger partial charge on any atom is -0.354 e. The Labute approximate surface area is 435 Å². The molecule has 68 heavy (non-hydrogen) atoms. The zero-order chi connectivity index (χ0) is 48.8. The molecule has 0 aliphatic carbocycles. The average Bonchev–Trinajstić information content (AvgIpc) is 4.09. The van der Waals surface area contributed by atoms with E-state index in [2.05, 4.69) is 278 Å². The molecule has 0 spiro atoms. The highest BCUT2D eigenvalue weighted by molar-refractivity contribution is 9.11. The molecule has 346 valence electrons. The van der Waals surface area contributed by atoms with Gasteiger partial charge in [-0.05, 0) is 128 Å². The molecule has 4 aromatic carbocycles. The van der Waals surface area contributed by atoms with Gasteiger partial charge in [0.2, 0.25) is 0 Å². The number of H-pyrrole nitrogens is 2. The molecule has 2 N–H and O–H groups in total. The van der Waals surface area contributed by atoms with Crippen molar-refractivity contribution in [3.63, 3.8) is 0 Å². The fourth-order valence-electron chi connectivity index (χ4n) is 9.09. The van der Waals surface area contributed by atoms with Crippen molar-refractivity contribution in [2.24, 2.45) is 0 Å². The fraction of sp³-hybridized carbons (Fsp3) is 0.267. The first-order valence-electron chi connectivity index (χ1n) is 23.2. The van der Waals surface area contributed by atoms with Gasteiger partial charge in [0.25, 0.3) is 0 Å². The average molecular weight is 1150 g/mol. The van der Waals surface area contributed by atoms with Gasteiger partial charge >= 0.3 is 0 Å². The lowest BCUT2D eigenvalue weighted by Crippen LogP contribution is -2.16. The Morgan fingerprint density at radius 3 is 0.838 bits per heavy atom. The van der Waals surface area contributed by atoms with Crippen molar-refractivity contribution in [1.29, 1.82) is 0 Å². The van der Waals surface area contributed by atoms with Gasteiger partial charge in [-0.25, -0.2) is 9.97 Å². The van der Waals surface area contributed by atoms with E-state index < -0.39 is 0 Å². The molecular weight excluding hydrogens is 1100 g/mol. The normalized spacial score (nSPS) is 13.2. The van der Waals surface area contributed by atoms with Gasteiger partial charge in [-0.15, -0.1) is 0 Å². The minimum atomic E-state index is -0.0925. The van der Waals surface area contributed by atoms with Crippen molar-refractivity contribution >= 4 is 110 Å². The smallest absolute Gasteiger partial charge is 0.0738 e. The maximum atomic E-state index is 5.66. The Morgan fingerprint density at radius 1 is 0.324 bits per heavy atom. The van der Waals surface area contributed by atoms with E-state index >= 15 is 0 Å². The Hall–Kier alpha value is -4.60. The number of rotatable bonds is 4. The zero-order valence-electron chi connectivity index (χ0n) is 41.0. The van der Waals surface area contributed by atoms with Crippen LogP contribution in [0.4, 0.5) is 0 Å². The molecule has 2 aliphatic rings. The van der Waals surface area contributed by atoms with Gasteiger partial charge in [0, 0.05) is 73.3 Å². The van der Waals surface area contributed by atoms with Crippen LogP contribution in [0.25, 0.3) is 90.9 Å². The lowest BCUT2D eigenvalue weighted by atomic mass is 9.78. The maximum absolute atomic E-state index is 5.66. The number of hydrogen-bond donors (Lipinski definition) is 2. The topological polar surface area (TPSA) is 57.4 Å². The summed E-state index contributed by atoms with van der Waals surface area (Å²) in [6.07, 6.45) is 8.71. The zero-order valence-corrected chi connectivity index (χ0v) is 47.3. The number of hydrogen-bond acceptors (Lipinski definition) is 2. The highest BCUT2D eigenvalue weighted by atomic mass is 79.9. The van der Waals surface area contributed by atoms with Crippen molar-refractivity contribution in [3.8, 4) is 44.5 Å². The third-order valence-electron chi connectivity index (χ3n) is 13.1. The van der Waals surface area contributed by atoms with Crippen molar-refractivity contribution < 1.29 is 0 Å². The van der Waals surface area contributed by atoms with Crippen LogP contribution in [-0.4, -0.2) is 19.9 Å². The van der Waals surface area contributed by atoms with Gasteiger partial charge in [0.1, 0.15) is 0 Å². The predicted octanol–water partition coefficient (Wildman–Crippen LogP) is 19.6. The lowest BCUT2D eigenvalue weighted by Gasteiger charge is -2.26. The summed E-state index contributed by atoms with van der Waals surface area (Å²) in [5.74, 6) is 0. The van der Waals surface area contributed by atoms with Crippen LogP contribution in [0.3, 0.4) is 0 Å². The first-order chi connectivity index (χ1) is 31.9. The van der Waals surface area contributed by atoms with E-state index in [4.69, 9.17) is 9.97 Å². The molecule has 8 heteroatoms. The van der Waals surface area contributed by atoms with Crippen LogP contribution in [0.1, 0.15) is 128 Å². The second kappa shape index (κ2) is 17.7. The Balaban J connectivity index is 1.53. The Morgan fingerprint density at radius 2 is 0.574 bits per heavy atom. The SMILES string of the molecule is CC(C)(C)c1cc(-c2c3nc(c(-c4c(Br)cccc4Br)c4ccc([nH]4)c(-c4cc(C(C)(C)C)cc(C(C)(C)C)c4)c4nc(c(-c5c(Br)cccc5Br)c5ccc2[nH]5)C=C4)C=C3)cc(C(C)(C)C)c1. The molecule has 9 rings (SSSR count). The number of halogens is 4. The molecule has 2 aliphatic heterocycles. The van der Waals surface area contributed by atoms with E-state index in [1.807, 2.05) is 0 Å². The standard InChI is InChI=1S/C60H58Br4N4/c1-57(2,3)35-27-33(28-36(31-35)58(4,5)6)51-43-19-23-47(65-43)55(53-39(61)15-13-16-40(53)62)49-25-21-45(67-49)52(34-29-37(59(7,8)9)32-38(30-34)60(10,11)12)46-22-26-50(68-46)56(48-24-20-44(51)66-48)54-41(63)17-14-18-42(54)64/h13-32,65,68H,1-12H3. The number of nitrogens with zero attached hydrogens (tertiary/aromatic N) is 2. The van der Waals surface area contributed by atoms with E-state index in [0.717, 1.165) is 107 Å². The summed E-state index contributed by atoms with van der Waals surface area (Å²) < 4.78 is 3.85. The summed E-state index contributed by atoms with van der Waals surface area (Å²) in [6, 6.07) is 35.5. The summed E-state index contributed by atoms with van der Waals surface area (Å²) in [4.78, 5) is 19.3. The number of fused-ring (bicyclic) bond motifs is 8. The van der Waals surface area contributed by atoms with Crippen LogP contribution in [-0.2, 0) is 21.7 Å². The molecule has 7 aromatic rings. The molecular formula is C60H58Br4N4. The molecule has 8 bridgehead atoms. The number of nitrogens with one attached hydrogen (secondary N) is 2. The van der Waals surface area contributed by atoms with Gasteiger partial charge in [0.15, 0.2) is 0 Å². The molecule has 0 fully saturated rings. The van der Waals surface area contributed by atoms with Gasteiger partial charge in [0.05, 0.1) is 22.8 Å². The summed E-state index contributed by atoms with van der Waals surface area (Å²) >= 11 is 15.9. The van der Waals surface area contributed by atoms with Crippen LogP contribution in [0, 0.1) is 0 Å². The van der Waals surface area contributed by atoms with Crippen molar-refractivity contribution in [1.82, 2.24) is 19.9 Å². The minimum absolute atomic E-state index is 0.0925. The second-order valence-corrected chi connectivity index (χ2v) is 25.7. The first-order valence-corrected chi connectivity index (χ1v) is 26.4. The Bertz CT molecular complexity index is 3090. The van der Waals surface area contributed by atoms with Gasteiger partial charge < -0.3 is 9.97 Å². The monoisotopic (exact) mass is 1150 g/mol. The van der Waals surface area contributed by atoms with Crippen LogP contribution >= 0.6 is 63.7 Å².